The van der Waals surface area contributed by atoms with Crippen molar-refractivity contribution in [3.63, 3.8) is 0 Å². The molecule has 21 heavy (non-hydrogen) atoms. The average Bonchev–Trinajstić information content (AvgIpc) is 2.44. The highest BCUT2D eigenvalue weighted by Gasteiger charge is 2.26. The summed E-state index contributed by atoms with van der Waals surface area (Å²) >= 11 is 0. The van der Waals surface area contributed by atoms with Gasteiger partial charge in [-0.25, -0.2) is 8.78 Å². The molecule has 118 valence electrons. The lowest BCUT2D eigenvalue weighted by Gasteiger charge is -2.34. The molecule has 0 aliphatic carbocycles. The molecule has 0 aromatic heterocycles. The van der Waals surface area contributed by atoms with Crippen LogP contribution in [0.2, 0.25) is 0 Å². The van der Waals surface area contributed by atoms with Gasteiger partial charge in [-0.15, -0.1) is 12.4 Å². The molecule has 1 aromatic carbocycles. The Morgan fingerprint density at radius 1 is 1.48 bits per heavy atom. The minimum Gasteiger partial charge on any atom is -0.342 e. The van der Waals surface area contributed by atoms with Crippen LogP contribution in [0, 0.1) is 17.6 Å². The average molecular weight is 319 g/mol. The lowest BCUT2D eigenvalue weighted by Crippen LogP contribution is -2.45. The molecule has 0 spiro atoms. The number of hydrogen-bond acceptors (Lipinski definition) is 2. The molecule has 1 aromatic rings. The van der Waals surface area contributed by atoms with Gasteiger partial charge in [0.25, 0.3) is 0 Å². The Bertz CT molecular complexity index is 497. The second kappa shape index (κ2) is 7.71. The Balaban J connectivity index is 0.00000220. The molecule has 2 rings (SSSR count). The molecule has 1 heterocycles. The molecule has 2 unspecified atom stereocenters. The summed E-state index contributed by atoms with van der Waals surface area (Å²) in [6.45, 7) is 3.21. The molecule has 0 bridgehead atoms. The number of nitrogens with two attached hydrogens (primary N) is 1. The second-order valence-corrected chi connectivity index (χ2v) is 5.49. The molecule has 0 radical (unpaired) electrons. The van der Waals surface area contributed by atoms with Crippen molar-refractivity contribution in [3.05, 3.63) is 35.4 Å². The van der Waals surface area contributed by atoms with Crippen LogP contribution in [-0.2, 0) is 11.2 Å². The van der Waals surface area contributed by atoms with E-state index in [1.165, 1.54) is 12.1 Å². The van der Waals surface area contributed by atoms with E-state index in [1.54, 1.807) is 4.90 Å². The monoisotopic (exact) mass is 318 g/mol. The molecule has 2 N–H and O–H groups in total. The summed E-state index contributed by atoms with van der Waals surface area (Å²) in [5.74, 6) is -1.73. The molecule has 3 nitrogen and oxygen atoms in total. The Kier molecular flexibility index (Phi) is 6.55. The number of piperidine rings is 1. The number of halogens is 3. The van der Waals surface area contributed by atoms with Crippen LogP contribution < -0.4 is 5.73 Å². The number of nitrogens with zero attached hydrogens (tertiary/aromatic N) is 1. The van der Waals surface area contributed by atoms with Crippen LogP contribution in [0.5, 0.6) is 0 Å². The largest absolute Gasteiger partial charge is 0.342 e. The quantitative estimate of drug-likeness (QED) is 0.931. The highest BCUT2D eigenvalue weighted by atomic mass is 35.5. The third kappa shape index (κ3) is 4.38. The molecule has 1 aliphatic rings. The molecule has 1 aliphatic heterocycles. The molecule has 1 amide bonds. The normalized spacial score (nSPS) is 19.8. The number of carbonyl (C=O) groups excluding carboxylic acids is 1. The second-order valence-electron chi connectivity index (χ2n) is 5.49. The van der Waals surface area contributed by atoms with E-state index >= 15 is 0 Å². The van der Waals surface area contributed by atoms with Crippen LogP contribution in [0.15, 0.2) is 18.2 Å². The molecule has 6 heteroatoms. The minimum absolute atomic E-state index is 0. The van der Waals surface area contributed by atoms with Crippen molar-refractivity contribution < 1.29 is 13.6 Å². The first kappa shape index (κ1) is 17.9. The summed E-state index contributed by atoms with van der Waals surface area (Å²) in [5.41, 5.74) is 5.99. The van der Waals surface area contributed by atoms with Gasteiger partial charge >= 0.3 is 0 Å². The van der Waals surface area contributed by atoms with E-state index in [9.17, 15) is 13.6 Å². The maximum atomic E-state index is 13.6. The van der Waals surface area contributed by atoms with Crippen molar-refractivity contribution in [2.45, 2.75) is 32.2 Å². The van der Waals surface area contributed by atoms with Gasteiger partial charge in [0.05, 0.1) is 6.42 Å². The van der Waals surface area contributed by atoms with Gasteiger partial charge in [0.15, 0.2) is 11.6 Å². The first-order chi connectivity index (χ1) is 9.49. The van der Waals surface area contributed by atoms with Gasteiger partial charge in [0.2, 0.25) is 5.91 Å². The number of hydrogen-bond donors (Lipinski definition) is 1. The van der Waals surface area contributed by atoms with Gasteiger partial charge < -0.3 is 10.6 Å². The van der Waals surface area contributed by atoms with Crippen molar-refractivity contribution >= 4 is 18.3 Å². The fourth-order valence-corrected chi connectivity index (χ4v) is 2.63. The highest BCUT2D eigenvalue weighted by Crippen LogP contribution is 2.20. The standard InChI is InChI=1S/C15H20F2N2O.ClH/c1-10(18)12-5-3-7-19(9-12)14(20)8-11-4-2-6-13(16)15(11)17;/h2,4,6,10,12H,3,5,7-9,18H2,1H3;1H. The minimum atomic E-state index is -0.929. The first-order valence-electron chi connectivity index (χ1n) is 6.95. The third-order valence-electron chi connectivity index (χ3n) is 3.93. The Morgan fingerprint density at radius 3 is 2.86 bits per heavy atom. The number of likely N-dealkylation sites (tertiary alicyclic amines) is 1. The lowest BCUT2D eigenvalue weighted by atomic mass is 9.92. The van der Waals surface area contributed by atoms with Gasteiger partial charge in [-0.1, -0.05) is 12.1 Å². The first-order valence-corrected chi connectivity index (χ1v) is 6.95. The Labute approximate surface area is 129 Å². The van der Waals surface area contributed by atoms with Gasteiger partial charge in [-0.3, -0.25) is 4.79 Å². The zero-order chi connectivity index (χ0) is 14.7. The predicted octanol–water partition coefficient (Wildman–Crippen LogP) is 2.51. The fraction of sp³-hybridized carbons (Fsp3) is 0.533. The van der Waals surface area contributed by atoms with Crippen LogP contribution >= 0.6 is 12.4 Å². The summed E-state index contributed by atoms with van der Waals surface area (Å²) in [4.78, 5) is 13.9. The summed E-state index contributed by atoms with van der Waals surface area (Å²) in [6, 6.07) is 3.96. The molecule has 2 atom stereocenters. The van der Waals surface area contributed by atoms with Crippen LogP contribution in [0.25, 0.3) is 0 Å². The van der Waals surface area contributed by atoms with Gasteiger partial charge in [0, 0.05) is 24.7 Å². The van der Waals surface area contributed by atoms with Crippen molar-refractivity contribution in [1.82, 2.24) is 4.90 Å². The number of benzene rings is 1. The van der Waals surface area contributed by atoms with Gasteiger partial charge in [-0.05, 0) is 31.7 Å². The maximum Gasteiger partial charge on any atom is 0.227 e. The fourth-order valence-electron chi connectivity index (χ4n) is 2.63. The van der Waals surface area contributed by atoms with E-state index in [0.717, 1.165) is 18.9 Å². The summed E-state index contributed by atoms with van der Waals surface area (Å²) in [6.07, 6.45) is 1.81. The van der Waals surface area contributed by atoms with Crippen LogP contribution in [0.1, 0.15) is 25.3 Å². The van der Waals surface area contributed by atoms with Crippen molar-refractivity contribution in [2.75, 3.05) is 13.1 Å². The molecule has 0 saturated carbocycles. The maximum absolute atomic E-state index is 13.6. The lowest BCUT2D eigenvalue weighted by molar-refractivity contribution is -0.132. The zero-order valence-corrected chi connectivity index (χ0v) is 12.8. The Morgan fingerprint density at radius 2 is 2.19 bits per heavy atom. The molecule has 1 fully saturated rings. The van der Waals surface area contributed by atoms with Gasteiger partial charge in [-0.2, -0.15) is 0 Å². The zero-order valence-electron chi connectivity index (χ0n) is 12.0. The number of amides is 1. The van der Waals surface area contributed by atoms with Crippen LogP contribution in [-0.4, -0.2) is 29.9 Å². The molecular weight excluding hydrogens is 298 g/mol. The van der Waals surface area contributed by atoms with E-state index in [4.69, 9.17) is 5.73 Å². The number of rotatable bonds is 3. The van der Waals surface area contributed by atoms with E-state index in [2.05, 4.69) is 0 Å². The van der Waals surface area contributed by atoms with Crippen LogP contribution in [0.4, 0.5) is 8.78 Å². The third-order valence-corrected chi connectivity index (χ3v) is 3.93. The SMILES string of the molecule is CC(N)C1CCCN(C(=O)Cc2cccc(F)c2F)C1.Cl. The van der Waals surface area contributed by atoms with Gasteiger partial charge in [0.1, 0.15) is 0 Å². The topological polar surface area (TPSA) is 46.3 Å². The smallest absolute Gasteiger partial charge is 0.227 e. The highest BCUT2D eigenvalue weighted by molar-refractivity contribution is 5.85. The van der Waals surface area contributed by atoms with E-state index in [1.807, 2.05) is 6.92 Å². The van der Waals surface area contributed by atoms with Crippen molar-refractivity contribution in [3.8, 4) is 0 Å². The van der Waals surface area contributed by atoms with E-state index < -0.39 is 11.6 Å². The van der Waals surface area contributed by atoms with E-state index in [-0.39, 0.29) is 42.3 Å². The summed E-state index contributed by atoms with van der Waals surface area (Å²) < 4.78 is 26.7. The van der Waals surface area contributed by atoms with E-state index in [0.29, 0.717) is 13.1 Å². The van der Waals surface area contributed by atoms with Crippen molar-refractivity contribution in [2.24, 2.45) is 11.7 Å². The summed E-state index contributed by atoms with van der Waals surface area (Å²) in [5, 5.41) is 0. The summed E-state index contributed by atoms with van der Waals surface area (Å²) in [7, 11) is 0. The van der Waals surface area contributed by atoms with Crippen molar-refractivity contribution in [1.29, 1.82) is 0 Å². The molecular formula is C15H21ClF2N2O. The number of carbonyl (C=O) groups is 1. The Hall–Kier alpha value is -1.20. The predicted molar refractivity (Wildman–Crippen MR) is 80.3 cm³/mol. The van der Waals surface area contributed by atoms with Crippen LogP contribution in [0.3, 0.4) is 0 Å². The molecule has 1 saturated heterocycles.